The van der Waals surface area contributed by atoms with Gasteiger partial charge in [0.05, 0.1) is 0 Å². The molecule has 0 aromatic heterocycles. The molecule has 1 N–H and O–H groups in total. The molecule has 0 saturated carbocycles. The number of nitrogens with one attached hydrogen (secondary N) is 1. The van der Waals surface area contributed by atoms with E-state index in [-0.39, 0.29) is 0 Å². The first-order valence-electron chi connectivity index (χ1n) is 7.10. The van der Waals surface area contributed by atoms with Gasteiger partial charge >= 0.3 is 0 Å². The highest BCUT2D eigenvalue weighted by atomic mass is 79.9. The van der Waals surface area contributed by atoms with Crippen LogP contribution in [0.3, 0.4) is 0 Å². The lowest BCUT2D eigenvalue weighted by molar-refractivity contribution is 0.486. The van der Waals surface area contributed by atoms with E-state index in [2.05, 4.69) is 61.1 Å². The average Bonchev–Trinajstić information content (AvgIpc) is 2.34. The Labute approximate surface area is 120 Å². The summed E-state index contributed by atoms with van der Waals surface area (Å²) in [5.41, 5.74) is 4.11. The molecule has 1 aromatic rings. The third-order valence-electron chi connectivity index (χ3n) is 3.41. The topological polar surface area (TPSA) is 12.0 Å². The number of hydrogen-bond acceptors (Lipinski definition) is 1. The molecule has 0 aliphatic rings. The summed E-state index contributed by atoms with van der Waals surface area (Å²) in [6.45, 7) is 9.83. The van der Waals surface area contributed by atoms with Gasteiger partial charge < -0.3 is 5.32 Å². The van der Waals surface area contributed by atoms with E-state index in [1.165, 1.54) is 46.8 Å². The summed E-state index contributed by atoms with van der Waals surface area (Å²) in [4.78, 5) is 0. The maximum Gasteiger partial charge on any atom is 0.0320 e. The van der Waals surface area contributed by atoms with Gasteiger partial charge in [-0.25, -0.2) is 0 Å². The van der Waals surface area contributed by atoms with Crippen LogP contribution in [0.2, 0.25) is 0 Å². The van der Waals surface area contributed by atoms with Gasteiger partial charge in [-0.15, -0.1) is 0 Å². The van der Waals surface area contributed by atoms with E-state index in [4.69, 9.17) is 0 Å². The van der Waals surface area contributed by atoms with Crippen molar-refractivity contribution in [2.75, 3.05) is 6.54 Å². The Hall–Kier alpha value is -0.340. The Morgan fingerprint density at radius 3 is 2.22 bits per heavy atom. The molecule has 0 amide bonds. The van der Waals surface area contributed by atoms with Crippen molar-refractivity contribution in [1.29, 1.82) is 0 Å². The second-order valence-corrected chi connectivity index (χ2v) is 5.87. The SMILES string of the molecule is CCCCCC(NCC)c1cc(C)c(Br)c(C)c1. The predicted molar refractivity (Wildman–Crippen MR) is 84.2 cm³/mol. The summed E-state index contributed by atoms with van der Waals surface area (Å²) < 4.78 is 1.25. The summed E-state index contributed by atoms with van der Waals surface area (Å²) in [5.74, 6) is 0. The van der Waals surface area contributed by atoms with Crippen LogP contribution < -0.4 is 5.32 Å². The van der Waals surface area contributed by atoms with Gasteiger partial charge in [0.15, 0.2) is 0 Å². The van der Waals surface area contributed by atoms with Gasteiger partial charge in [-0.1, -0.05) is 61.2 Å². The Kier molecular flexibility index (Phi) is 6.95. The molecule has 0 fully saturated rings. The molecular weight excluding hydrogens is 286 g/mol. The first-order valence-corrected chi connectivity index (χ1v) is 7.89. The van der Waals surface area contributed by atoms with Crippen molar-refractivity contribution in [1.82, 2.24) is 5.32 Å². The summed E-state index contributed by atoms with van der Waals surface area (Å²) in [7, 11) is 0. The number of unbranched alkanes of at least 4 members (excludes halogenated alkanes) is 2. The van der Waals surface area contributed by atoms with Crippen LogP contribution in [0.25, 0.3) is 0 Å². The minimum atomic E-state index is 0.507. The van der Waals surface area contributed by atoms with Crippen LogP contribution >= 0.6 is 15.9 Å². The lowest BCUT2D eigenvalue weighted by atomic mass is 9.97. The second-order valence-electron chi connectivity index (χ2n) is 5.07. The quantitative estimate of drug-likeness (QED) is 0.674. The molecule has 1 unspecified atom stereocenters. The van der Waals surface area contributed by atoms with Crippen LogP contribution in [-0.2, 0) is 0 Å². The van der Waals surface area contributed by atoms with E-state index in [0.29, 0.717) is 6.04 Å². The minimum Gasteiger partial charge on any atom is -0.310 e. The summed E-state index contributed by atoms with van der Waals surface area (Å²) in [6.07, 6.45) is 5.16. The molecular formula is C16H26BrN. The Balaban J connectivity index is 2.84. The molecule has 102 valence electrons. The third-order valence-corrected chi connectivity index (χ3v) is 4.66. The smallest absolute Gasteiger partial charge is 0.0320 e. The monoisotopic (exact) mass is 311 g/mol. The highest BCUT2D eigenvalue weighted by molar-refractivity contribution is 9.10. The van der Waals surface area contributed by atoms with Crippen molar-refractivity contribution in [3.05, 3.63) is 33.3 Å². The molecule has 0 radical (unpaired) electrons. The zero-order valence-corrected chi connectivity index (χ0v) is 13.7. The van der Waals surface area contributed by atoms with Gasteiger partial charge in [-0.3, -0.25) is 0 Å². The van der Waals surface area contributed by atoms with Gasteiger partial charge in [0.1, 0.15) is 0 Å². The van der Waals surface area contributed by atoms with Crippen molar-refractivity contribution < 1.29 is 0 Å². The third kappa shape index (κ3) is 4.40. The molecule has 0 spiro atoms. The van der Waals surface area contributed by atoms with Crippen LogP contribution in [0.4, 0.5) is 0 Å². The van der Waals surface area contributed by atoms with Crippen LogP contribution in [0.5, 0.6) is 0 Å². The van der Waals surface area contributed by atoms with Gasteiger partial charge in [0.2, 0.25) is 0 Å². The molecule has 2 heteroatoms. The Morgan fingerprint density at radius 2 is 1.72 bits per heavy atom. The standard InChI is InChI=1S/C16H26BrN/c1-5-7-8-9-15(18-6-2)14-10-12(3)16(17)13(4)11-14/h10-11,15,18H,5-9H2,1-4H3. The second kappa shape index (κ2) is 7.96. The molecule has 1 rings (SSSR count). The highest BCUT2D eigenvalue weighted by Gasteiger charge is 2.12. The van der Waals surface area contributed by atoms with Crippen molar-refractivity contribution >= 4 is 15.9 Å². The lowest BCUT2D eigenvalue weighted by Crippen LogP contribution is -2.21. The van der Waals surface area contributed by atoms with Crippen molar-refractivity contribution in [3.8, 4) is 0 Å². The maximum atomic E-state index is 3.64. The number of rotatable bonds is 7. The van der Waals surface area contributed by atoms with Crippen molar-refractivity contribution in [2.45, 2.75) is 59.4 Å². The molecule has 0 aliphatic carbocycles. The van der Waals surface area contributed by atoms with Crippen LogP contribution in [0.15, 0.2) is 16.6 Å². The number of halogens is 1. The molecule has 18 heavy (non-hydrogen) atoms. The van der Waals surface area contributed by atoms with Gasteiger partial charge in [-0.2, -0.15) is 0 Å². The van der Waals surface area contributed by atoms with E-state index in [0.717, 1.165) is 6.54 Å². The number of benzene rings is 1. The number of aryl methyl sites for hydroxylation is 2. The van der Waals surface area contributed by atoms with Crippen LogP contribution in [0.1, 0.15) is 62.3 Å². The van der Waals surface area contributed by atoms with Crippen LogP contribution in [0, 0.1) is 13.8 Å². The van der Waals surface area contributed by atoms with E-state index in [1.807, 2.05) is 0 Å². The lowest BCUT2D eigenvalue weighted by Gasteiger charge is -2.20. The van der Waals surface area contributed by atoms with Gasteiger partial charge in [0, 0.05) is 10.5 Å². The van der Waals surface area contributed by atoms with Gasteiger partial charge in [-0.05, 0) is 43.5 Å². The normalized spacial score (nSPS) is 12.7. The minimum absolute atomic E-state index is 0.507. The van der Waals surface area contributed by atoms with Crippen molar-refractivity contribution in [2.24, 2.45) is 0 Å². The summed E-state index contributed by atoms with van der Waals surface area (Å²) in [6, 6.07) is 5.14. The van der Waals surface area contributed by atoms with Gasteiger partial charge in [0.25, 0.3) is 0 Å². The largest absolute Gasteiger partial charge is 0.310 e. The first kappa shape index (κ1) is 15.7. The van der Waals surface area contributed by atoms with E-state index >= 15 is 0 Å². The van der Waals surface area contributed by atoms with Crippen molar-refractivity contribution in [3.63, 3.8) is 0 Å². The van der Waals surface area contributed by atoms with Crippen LogP contribution in [-0.4, -0.2) is 6.54 Å². The fourth-order valence-corrected chi connectivity index (χ4v) is 2.64. The first-order chi connectivity index (χ1) is 8.60. The molecule has 0 bridgehead atoms. The summed E-state index contributed by atoms with van der Waals surface area (Å²) >= 11 is 3.64. The van der Waals surface area contributed by atoms with E-state index in [1.54, 1.807) is 0 Å². The molecule has 1 nitrogen and oxygen atoms in total. The van der Waals surface area contributed by atoms with E-state index in [9.17, 15) is 0 Å². The average molecular weight is 312 g/mol. The molecule has 1 atom stereocenters. The summed E-state index contributed by atoms with van der Waals surface area (Å²) in [5, 5.41) is 3.62. The number of hydrogen-bond donors (Lipinski definition) is 1. The molecule has 0 aliphatic heterocycles. The Morgan fingerprint density at radius 1 is 1.11 bits per heavy atom. The highest BCUT2D eigenvalue weighted by Crippen LogP contribution is 2.27. The Bertz CT molecular complexity index is 350. The van der Waals surface area contributed by atoms with E-state index < -0.39 is 0 Å². The molecule has 0 saturated heterocycles. The molecule has 1 aromatic carbocycles. The molecule has 0 heterocycles. The zero-order chi connectivity index (χ0) is 13.5. The fourth-order valence-electron chi connectivity index (χ4n) is 2.41. The maximum absolute atomic E-state index is 3.64. The zero-order valence-electron chi connectivity index (χ0n) is 12.1. The predicted octanol–water partition coefficient (Wildman–Crippen LogP) is 5.30. The fraction of sp³-hybridized carbons (Fsp3) is 0.625.